The van der Waals surface area contributed by atoms with Crippen molar-refractivity contribution in [2.24, 2.45) is 0 Å². The van der Waals surface area contributed by atoms with Gasteiger partial charge in [0.25, 0.3) is 0 Å². The largest absolute Gasteiger partial charge is 0.489 e. The van der Waals surface area contributed by atoms with Crippen LogP contribution in [0.2, 0.25) is 0 Å². The lowest BCUT2D eigenvalue weighted by atomic mass is 10.2. The molecule has 0 spiro atoms. The molecule has 0 saturated heterocycles. The second-order valence-corrected chi connectivity index (χ2v) is 6.77. The second-order valence-electron chi connectivity index (χ2n) is 6.77. The fraction of sp³-hybridized carbons (Fsp3) is 0.125. The molecule has 2 amide bonds. The van der Waals surface area contributed by atoms with Crippen LogP contribution in [0.1, 0.15) is 24.3 Å². The molecule has 0 radical (unpaired) electrons. The number of nitrogens with one attached hydrogen (secondary N) is 2. The van der Waals surface area contributed by atoms with Crippen LogP contribution >= 0.6 is 0 Å². The number of rotatable bonds is 6. The van der Waals surface area contributed by atoms with E-state index in [1.807, 2.05) is 91.9 Å². The molecule has 0 fully saturated rings. The summed E-state index contributed by atoms with van der Waals surface area (Å²) in [5.74, 6) is 1.49. The maximum Gasteiger partial charge on any atom is 0.319 e. The summed E-state index contributed by atoms with van der Waals surface area (Å²) < 4.78 is 11.6. The number of ether oxygens (including phenoxy) is 1. The normalized spacial score (nSPS) is 11.8. The predicted octanol–water partition coefficient (Wildman–Crippen LogP) is 5.89. The van der Waals surface area contributed by atoms with Crippen molar-refractivity contribution in [3.05, 3.63) is 96.3 Å². The van der Waals surface area contributed by atoms with Crippen LogP contribution in [-0.2, 0) is 6.61 Å². The topological polar surface area (TPSA) is 63.5 Å². The van der Waals surface area contributed by atoms with Gasteiger partial charge in [-0.2, -0.15) is 0 Å². The Kier molecular flexibility index (Phi) is 5.47. The molecule has 146 valence electrons. The molecular formula is C24H22N2O3. The fourth-order valence-electron chi connectivity index (χ4n) is 3.09. The zero-order valence-electron chi connectivity index (χ0n) is 16.1. The highest BCUT2D eigenvalue weighted by Crippen LogP contribution is 2.24. The Balaban J connectivity index is 1.40. The summed E-state index contributed by atoms with van der Waals surface area (Å²) in [5.41, 5.74) is 2.40. The lowest BCUT2D eigenvalue weighted by molar-refractivity contribution is 0.247. The lowest BCUT2D eigenvalue weighted by Crippen LogP contribution is -2.31. The fourth-order valence-corrected chi connectivity index (χ4v) is 3.09. The summed E-state index contributed by atoms with van der Waals surface area (Å²) in [6, 6.07) is 26.3. The van der Waals surface area contributed by atoms with Gasteiger partial charge in [-0.1, -0.05) is 54.6 Å². The first kappa shape index (κ1) is 18.6. The van der Waals surface area contributed by atoms with Gasteiger partial charge in [-0.25, -0.2) is 4.79 Å². The van der Waals surface area contributed by atoms with E-state index in [1.54, 1.807) is 0 Å². The van der Waals surface area contributed by atoms with Crippen LogP contribution in [0.4, 0.5) is 10.5 Å². The van der Waals surface area contributed by atoms with Gasteiger partial charge in [0.05, 0.1) is 6.04 Å². The van der Waals surface area contributed by atoms with Crippen molar-refractivity contribution >= 4 is 22.7 Å². The first-order chi connectivity index (χ1) is 14.2. The number of urea groups is 1. The highest BCUT2D eigenvalue weighted by molar-refractivity contribution is 5.90. The van der Waals surface area contributed by atoms with E-state index in [1.165, 1.54) is 0 Å². The number of amides is 2. The van der Waals surface area contributed by atoms with Crippen LogP contribution in [0.3, 0.4) is 0 Å². The quantitative estimate of drug-likeness (QED) is 0.434. The molecule has 4 rings (SSSR count). The van der Waals surface area contributed by atoms with Crippen LogP contribution in [0.25, 0.3) is 11.0 Å². The third-order valence-corrected chi connectivity index (χ3v) is 4.62. The molecule has 29 heavy (non-hydrogen) atoms. The Labute approximate surface area is 169 Å². The van der Waals surface area contributed by atoms with Crippen molar-refractivity contribution in [1.29, 1.82) is 0 Å². The molecule has 4 aromatic rings. The number of hydrogen-bond acceptors (Lipinski definition) is 3. The van der Waals surface area contributed by atoms with Gasteiger partial charge in [-0.15, -0.1) is 0 Å². The number of para-hydroxylation sites is 3. The van der Waals surface area contributed by atoms with Gasteiger partial charge in [0, 0.05) is 16.6 Å². The van der Waals surface area contributed by atoms with Crippen LogP contribution in [-0.4, -0.2) is 6.03 Å². The van der Waals surface area contributed by atoms with Crippen LogP contribution in [0.5, 0.6) is 5.75 Å². The molecule has 0 saturated carbocycles. The van der Waals surface area contributed by atoms with Crippen molar-refractivity contribution < 1.29 is 13.9 Å². The highest BCUT2D eigenvalue weighted by atomic mass is 16.5. The third kappa shape index (κ3) is 4.58. The minimum Gasteiger partial charge on any atom is -0.489 e. The van der Waals surface area contributed by atoms with E-state index >= 15 is 0 Å². The van der Waals surface area contributed by atoms with Gasteiger partial charge < -0.3 is 19.8 Å². The Bertz CT molecular complexity index is 1070. The number of hydrogen-bond donors (Lipinski definition) is 2. The molecule has 5 heteroatoms. The molecule has 0 bridgehead atoms. The average Bonchev–Trinajstić information content (AvgIpc) is 3.18. The number of carbonyl (C=O) groups is 1. The molecule has 1 heterocycles. The average molecular weight is 386 g/mol. The Morgan fingerprint density at radius 1 is 0.966 bits per heavy atom. The van der Waals surface area contributed by atoms with E-state index in [4.69, 9.17) is 9.15 Å². The number of carbonyl (C=O) groups excluding carboxylic acids is 1. The molecular weight excluding hydrogens is 364 g/mol. The minimum absolute atomic E-state index is 0.268. The van der Waals surface area contributed by atoms with Gasteiger partial charge in [0.1, 0.15) is 23.7 Å². The van der Waals surface area contributed by atoms with E-state index in [-0.39, 0.29) is 12.1 Å². The van der Waals surface area contributed by atoms with Crippen LogP contribution in [0.15, 0.2) is 89.3 Å². The molecule has 0 aliphatic heterocycles. The predicted molar refractivity (Wildman–Crippen MR) is 114 cm³/mol. The maximum atomic E-state index is 12.5. The summed E-state index contributed by atoms with van der Waals surface area (Å²) in [4.78, 5) is 12.5. The molecule has 1 aromatic heterocycles. The molecule has 1 unspecified atom stereocenters. The summed E-state index contributed by atoms with van der Waals surface area (Å²) in [5, 5.41) is 6.85. The van der Waals surface area contributed by atoms with E-state index in [2.05, 4.69) is 10.6 Å². The Hall–Kier alpha value is -3.73. The monoisotopic (exact) mass is 386 g/mol. The molecule has 2 N–H and O–H groups in total. The van der Waals surface area contributed by atoms with Crippen LogP contribution < -0.4 is 15.4 Å². The summed E-state index contributed by atoms with van der Waals surface area (Å²) in [6.07, 6.45) is 0. The van der Waals surface area contributed by atoms with Gasteiger partial charge in [0.15, 0.2) is 0 Å². The van der Waals surface area contributed by atoms with Gasteiger partial charge in [-0.05, 0) is 37.3 Å². The zero-order valence-corrected chi connectivity index (χ0v) is 16.1. The SMILES string of the molecule is CC(NC(=O)Nc1ccccc1COc1ccccc1)c1cc2ccccc2o1. The van der Waals surface area contributed by atoms with E-state index < -0.39 is 0 Å². The first-order valence-electron chi connectivity index (χ1n) is 9.51. The third-order valence-electron chi connectivity index (χ3n) is 4.62. The van der Waals surface area contributed by atoms with Gasteiger partial charge in [0.2, 0.25) is 0 Å². The molecule has 5 nitrogen and oxygen atoms in total. The second kappa shape index (κ2) is 8.52. The van der Waals surface area contributed by atoms with E-state index in [9.17, 15) is 4.79 Å². The number of fused-ring (bicyclic) bond motifs is 1. The zero-order chi connectivity index (χ0) is 20.1. The molecule has 0 aliphatic rings. The molecule has 1 atom stereocenters. The van der Waals surface area contributed by atoms with Crippen LogP contribution in [0, 0.1) is 0 Å². The van der Waals surface area contributed by atoms with Gasteiger partial charge >= 0.3 is 6.03 Å². The van der Waals surface area contributed by atoms with Gasteiger partial charge in [-0.3, -0.25) is 0 Å². The Morgan fingerprint density at radius 2 is 1.69 bits per heavy atom. The molecule has 3 aromatic carbocycles. The minimum atomic E-state index is -0.301. The maximum absolute atomic E-state index is 12.5. The smallest absolute Gasteiger partial charge is 0.319 e. The highest BCUT2D eigenvalue weighted by Gasteiger charge is 2.15. The van der Waals surface area contributed by atoms with E-state index in [0.29, 0.717) is 18.1 Å². The number of furan rings is 1. The van der Waals surface area contributed by atoms with Crippen molar-refractivity contribution in [3.8, 4) is 5.75 Å². The Morgan fingerprint density at radius 3 is 2.52 bits per heavy atom. The number of benzene rings is 3. The lowest BCUT2D eigenvalue weighted by Gasteiger charge is -2.15. The standard InChI is InChI=1S/C24H22N2O3/c1-17(23-15-18-9-6-8-14-22(18)29-23)25-24(27)26-21-13-7-5-10-19(21)16-28-20-11-3-2-4-12-20/h2-15,17H,16H2,1H3,(H2,25,26,27). The number of anilines is 1. The van der Waals surface area contributed by atoms with Crippen molar-refractivity contribution in [2.75, 3.05) is 5.32 Å². The first-order valence-corrected chi connectivity index (χ1v) is 9.51. The summed E-state index contributed by atoms with van der Waals surface area (Å²) in [7, 11) is 0. The van der Waals surface area contributed by atoms with Crippen molar-refractivity contribution in [1.82, 2.24) is 5.32 Å². The van der Waals surface area contributed by atoms with Crippen molar-refractivity contribution in [3.63, 3.8) is 0 Å². The molecule has 0 aliphatic carbocycles. The van der Waals surface area contributed by atoms with Crippen molar-refractivity contribution in [2.45, 2.75) is 19.6 Å². The van der Waals surface area contributed by atoms with E-state index in [0.717, 1.165) is 22.3 Å². The summed E-state index contributed by atoms with van der Waals surface area (Å²) in [6.45, 7) is 2.25. The summed E-state index contributed by atoms with van der Waals surface area (Å²) >= 11 is 0.